The average molecular weight is 465 g/mol. The zero-order valence-electron chi connectivity index (χ0n) is 22.0. The molecular weight excluding hydrogens is 425 g/mol. The van der Waals surface area contributed by atoms with Crippen LogP contribution in [0.15, 0.2) is 17.1 Å². The summed E-state index contributed by atoms with van der Waals surface area (Å²) in [4.78, 5) is 26.3. The van der Waals surface area contributed by atoms with E-state index in [-0.39, 0.29) is 24.2 Å². The van der Waals surface area contributed by atoms with Crippen molar-refractivity contribution in [3.05, 3.63) is 22.6 Å². The maximum absolute atomic E-state index is 13.2. The molecule has 8 nitrogen and oxygen atoms in total. The van der Waals surface area contributed by atoms with Crippen LogP contribution < -0.4 is 15.8 Å². The van der Waals surface area contributed by atoms with Crippen LogP contribution in [0.3, 0.4) is 0 Å². The SMILES string of the molecule is COc1cn(C(CCOC(C)(C)C)C(=O)OC(C)(C)C)c(=O)cc1B1OC(C)(C)C(C)(C)O1. The zero-order chi connectivity index (χ0) is 25.4. The van der Waals surface area contributed by atoms with E-state index in [0.29, 0.717) is 11.2 Å². The van der Waals surface area contributed by atoms with Crippen molar-refractivity contribution in [2.75, 3.05) is 13.7 Å². The molecular formula is C24H40BNO7. The first-order valence-corrected chi connectivity index (χ1v) is 11.4. The van der Waals surface area contributed by atoms with Crippen LogP contribution in [0.1, 0.15) is 81.7 Å². The fourth-order valence-electron chi connectivity index (χ4n) is 3.33. The van der Waals surface area contributed by atoms with Gasteiger partial charge in [0.25, 0.3) is 5.56 Å². The molecule has 0 aromatic carbocycles. The van der Waals surface area contributed by atoms with Gasteiger partial charge in [0.2, 0.25) is 0 Å². The summed E-state index contributed by atoms with van der Waals surface area (Å²) in [6.45, 7) is 19.2. The number of nitrogens with zero attached hydrogens (tertiary/aromatic N) is 1. The van der Waals surface area contributed by atoms with Crippen molar-refractivity contribution in [1.82, 2.24) is 4.57 Å². The molecule has 1 aliphatic heterocycles. The van der Waals surface area contributed by atoms with Crippen LogP contribution in [-0.4, -0.2) is 53.8 Å². The molecule has 1 aliphatic rings. The minimum absolute atomic E-state index is 0.269. The van der Waals surface area contributed by atoms with Gasteiger partial charge < -0.3 is 23.5 Å². The second-order valence-corrected chi connectivity index (χ2v) is 11.4. The van der Waals surface area contributed by atoms with Gasteiger partial charge in [-0.3, -0.25) is 9.36 Å². The van der Waals surface area contributed by atoms with Gasteiger partial charge in [0.15, 0.2) is 0 Å². The molecule has 0 spiro atoms. The third-order valence-electron chi connectivity index (χ3n) is 5.74. The summed E-state index contributed by atoms with van der Waals surface area (Å²) in [5, 5.41) is 0. The van der Waals surface area contributed by atoms with Crippen molar-refractivity contribution >= 4 is 18.6 Å². The van der Waals surface area contributed by atoms with Gasteiger partial charge in [0, 0.05) is 30.8 Å². The molecule has 1 aromatic rings. The van der Waals surface area contributed by atoms with Crippen molar-refractivity contribution in [3.63, 3.8) is 0 Å². The van der Waals surface area contributed by atoms with E-state index in [1.807, 2.05) is 48.5 Å². The topological polar surface area (TPSA) is 85.2 Å². The maximum Gasteiger partial charge on any atom is 0.498 e. The maximum atomic E-state index is 13.2. The molecule has 186 valence electrons. The standard InChI is InChI=1S/C24H40BNO7/c1-21(2,3)30-13-12-17(20(28)31-22(4,5)6)26-15-18(29-11)16(14-19(26)27)25-32-23(7,8)24(9,10)33-25/h14-15,17H,12-13H2,1-11H3. The monoisotopic (exact) mass is 465 g/mol. The number of esters is 1. The predicted octanol–water partition coefficient (Wildman–Crippen LogP) is 3.24. The number of rotatable bonds is 7. The van der Waals surface area contributed by atoms with E-state index in [1.54, 1.807) is 20.8 Å². The summed E-state index contributed by atoms with van der Waals surface area (Å²) in [6.07, 6.45) is 1.79. The number of hydrogen-bond donors (Lipinski definition) is 0. The first-order chi connectivity index (χ1) is 14.9. The zero-order valence-corrected chi connectivity index (χ0v) is 22.0. The van der Waals surface area contributed by atoms with E-state index < -0.39 is 35.9 Å². The molecule has 1 saturated heterocycles. The molecule has 0 saturated carbocycles. The summed E-state index contributed by atoms with van der Waals surface area (Å²) in [5.41, 5.74) is -2.11. The second kappa shape index (κ2) is 9.43. The Morgan fingerprint density at radius 2 is 1.61 bits per heavy atom. The van der Waals surface area contributed by atoms with Gasteiger partial charge in [-0.25, -0.2) is 4.79 Å². The lowest BCUT2D eigenvalue weighted by Crippen LogP contribution is -2.41. The molecule has 1 unspecified atom stereocenters. The Bertz CT molecular complexity index is 893. The van der Waals surface area contributed by atoms with E-state index in [9.17, 15) is 9.59 Å². The highest BCUT2D eigenvalue weighted by Gasteiger charge is 2.52. The van der Waals surface area contributed by atoms with Crippen molar-refractivity contribution in [3.8, 4) is 5.75 Å². The highest BCUT2D eigenvalue weighted by Crippen LogP contribution is 2.37. The van der Waals surface area contributed by atoms with Crippen LogP contribution >= 0.6 is 0 Å². The molecule has 1 aromatic heterocycles. The minimum atomic E-state index is -0.875. The number of aromatic nitrogens is 1. The molecule has 0 amide bonds. The molecule has 2 rings (SSSR count). The van der Waals surface area contributed by atoms with E-state index >= 15 is 0 Å². The van der Waals surface area contributed by atoms with Gasteiger partial charge in [0.05, 0.1) is 23.9 Å². The normalized spacial score (nSPS) is 18.8. The Morgan fingerprint density at radius 3 is 2.06 bits per heavy atom. The molecule has 0 radical (unpaired) electrons. The van der Waals surface area contributed by atoms with Crippen molar-refractivity contribution < 1.29 is 28.3 Å². The highest BCUT2D eigenvalue weighted by atomic mass is 16.7. The number of carbonyl (C=O) groups excluding carboxylic acids is 1. The predicted molar refractivity (Wildman–Crippen MR) is 128 cm³/mol. The molecule has 0 N–H and O–H groups in total. The Morgan fingerprint density at radius 1 is 1.06 bits per heavy atom. The lowest BCUT2D eigenvalue weighted by molar-refractivity contribution is -0.160. The lowest BCUT2D eigenvalue weighted by atomic mass is 9.79. The Hall–Kier alpha value is -1.84. The van der Waals surface area contributed by atoms with Crippen molar-refractivity contribution in [1.29, 1.82) is 0 Å². The fraction of sp³-hybridized carbons (Fsp3) is 0.750. The summed E-state index contributed by atoms with van der Waals surface area (Å²) in [7, 11) is 0.737. The average Bonchev–Trinajstić information content (AvgIpc) is 2.84. The molecule has 0 aliphatic carbocycles. The van der Waals surface area contributed by atoms with E-state index in [0.717, 1.165) is 0 Å². The number of pyridine rings is 1. The number of ether oxygens (including phenoxy) is 3. The van der Waals surface area contributed by atoms with Crippen LogP contribution in [-0.2, 0) is 23.6 Å². The number of methoxy groups -OCH3 is 1. The molecule has 1 fully saturated rings. The Kier molecular flexibility index (Phi) is 7.83. The second-order valence-electron chi connectivity index (χ2n) is 11.4. The van der Waals surface area contributed by atoms with Crippen LogP contribution in [0.2, 0.25) is 0 Å². The first-order valence-electron chi connectivity index (χ1n) is 11.4. The van der Waals surface area contributed by atoms with Crippen LogP contribution in [0.5, 0.6) is 5.75 Å². The fourth-order valence-corrected chi connectivity index (χ4v) is 3.33. The van der Waals surface area contributed by atoms with Gasteiger partial charge in [0.1, 0.15) is 17.4 Å². The summed E-state index contributed by atoms with van der Waals surface area (Å²) in [6, 6.07) is 0.531. The largest absolute Gasteiger partial charge is 0.498 e. The molecule has 2 heterocycles. The van der Waals surface area contributed by atoms with Crippen molar-refractivity contribution in [2.24, 2.45) is 0 Å². The number of hydrogen-bond acceptors (Lipinski definition) is 7. The molecule has 0 bridgehead atoms. The third kappa shape index (κ3) is 6.84. The molecule has 9 heteroatoms. The van der Waals surface area contributed by atoms with Gasteiger partial charge in [-0.15, -0.1) is 0 Å². The van der Waals surface area contributed by atoms with Gasteiger partial charge in [-0.2, -0.15) is 0 Å². The van der Waals surface area contributed by atoms with E-state index in [2.05, 4.69) is 0 Å². The summed E-state index contributed by atoms with van der Waals surface area (Å²) < 4.78 is 30.5. The highest BCUT2D eigenvalue weighted by molar-refractivity contribution is 6.63. The smallest absolute Gasteiger partial charge is 0.496 e. The third-order valence-corrected chi connectivity index (χ3v) is 5.74. The van der Waals surface area contributed by atoms with E-state index in [1.165, 1.54) is 23.9 Å². The quantitative estimate of drug-likeness (QED) is 0.452. The minimum Gasteiger partial charge on any atom is -0.496 e. The van der Waals surface area contributed by atoms with Crippen LogP contribution in [0, 0.1) is 0 Å². The van der Waals surface area contributed by atoms with Gasteiger partial charge >= 0.3 is 13.1 Å². The Labute approximate surface area is 198 Å². The van der Waals surface area contributed by atoms with Crippen molar-refractivity contribution in [2.45, 2.75) is 104 Å². The summed E-state index contributed by atoms with van der Waals surface area (Å²) >= 11 is 0. The molecule has 1 atom stereocenters. The van der Waals surface area contributed by atoms with Crippen LogP contribution in [0.4, 0.5) is 0 Å². The number of carbonyl (C=O) groups is 1. The lowest BCUT2D eigenvalue weighted by Gasteiger charge is -2.32. The van der Waals surface area contributed by atoms with E-state index in [4.69, 9.17) is 23.5 Å². The molecule has 33 heavy (non-hydrogen) atoms. The van der Waals surface area contributed by atoms with Crippen LogP contribution in [0.25, 0.3) is 0 Å². The van der Waals surface area contributed by atoms with Gasteiger partial charge in [-0.05, 0) is 69.2 Å². The first kappa shape index (κ1) is 27.4. The van der Waals surface area contributed by atoms with Gasteiger partial charge in [-0.1, -0.05) is 0 Å². The Balaban J connectivity index is 2.45. The summed E-state index contributed by atoms with van der Waals surface area (Å²) in [5.74, 6) is -0.119.